The molecule has 0 aliphatic carbocycles. The molecule has 1 saturated heterocycles. The molecule has 3 atom stereocenters. The highest BCUT2D eigenvalue weighted by Crippen LogP contribution is 2.33. The van der Waals surface area contributed by atoms with Crippen LogP contribution in [-0.2, 0) is 0 Å². The minimum Gasteiger partial charge on any atom is -0.380 e. The van der Waals surface area contributed by atoms with E-state index in [-0.39, 0.29) is 5.91 Å². The summed E-state index contributed by atoms with van der Waals surface area (Å²) in [7, 11) is 0. The van der Waals surface area contributed by atoms with Crippen molar-refractivity contribution in [3.05, 3.63) is 29.8 Å². The van der Waals surface area contributed by atoms with E-state index in [9.17, 15) is 4.79 Å². The third-order valence-corrected chi connectivity index (χ3v) is 4.06. The molecule has 3 heteroatoms. The minimum atomic E-state index is 0.187. The van der Waals surface area contributed by atoms with E-state index in [0.29, 0.717) is 18.1 Å². The molecule has 2 aliphatic heterocycles. The Morgan fingerprint density at radius 1 is 1.24 bits per heavy atom. The zero-order valence-electron chi connectivity index (χ0n) is 10.3. The van der Waals surface area contributed by atoms with Crippen LogP contribution in [0.3, 0.4) is 0 Å². The second kappa shape index (κ2) is 3.76. The van der Waals surface area contributed by atoms with Crippen molar-refractivity contribution in [1.29, 1.82) is 0 Å². The van der Waals surface area contributed by atoms with E-state index < -0.39 is 0 Å². The number of nitrogens with zero attached hydrogens (tertiary/aromatic N) is 1. The number of benzene rings is 1. The molecule has 1 amide bonds. The molecule has 1 fully saturated rings. The molecule has 17 heavy (non-hydrogen) atoms. The second-order valence-electron chi connectivity index (χ2n) is 5.18. The molecular weight excluding hydrogens is 212 g/mol. The van der Waals surface area contributed by atoms with Crippen molar-refractivity contribution in [3.8, 4) is 0 Å². The smallest absolute Gasteiger partial charge is 0.256 e. The molecule has 1 aromatic rings. The SMILES string of the molecule is CC1Nc2ccccc2C(=O)N2C(C)CCC12. The van der Waals surface area contributed by atoms with Crippen LogP contribution in [0.1, 0.15) is 37.0 Å². The number of nitrogens with one attached hydrogen (secondary N) is 1. The van der Waals surface area contributed by atoms with E-state index in [1.165, 1.54) is 0 Å². The van der Waals surface area contributed by atoms with Crippen LogP contribution in [0.4, 0.5) is 5.69 Å². The van der Waals surface area contributed by atoms with Crippen molar-refractivity contribution < 1.29 is 4.79 Å². The summed E-state index contributed by atoms with van der Waals surface area (Å²) in [6.07, 6.45) is 2.22. The fourth-order valence-electron chi connectivity index (χ4n) is 3.13. The van der Waals surface area contributed by atoms with Crippen molar-refractivity contribution in [2.45, 2.75) is 44.8 Å². The van der Waals surface area contributed by atoms with Gasteiger partial charge in [0.05, 0.1) is 11.6 Å². The predicted octanol–water partition coefficient (Wildman–Crippen LogP) is 2.49. The largest absolute Gasteiger partial charge is 0.380 e. The van der Waals surface area contributed by atoms with Crippen LogP contribution in [0.25, 0.3) is 0 Å². The van der Waals surface area contributed by atoms with Gasteiger partial charge < -0.3 is 10.2 Å². The summed E-state index contributed by atoms with van der Waals surface area (Å²) in [5, 5.41) is 3.48. The second-order valence-corrected chi connectivity index (χ2v) is 5.18. The van der Waals surface area contributed by atoms with Crippen molar-refractivity contribution in [1.82, 2.24) is 4.90 Å². The highest BCUT2D eigenvalue weighted by Gasteiger charge is 2.40. The Hall–Kier alpha value is -1.51. The lowest BCUT2D eigenvalue weighted by Crippen LogP contribution is -2.44. The summed E-state index contributed by atoms with van der Waals surface area (Å²) in [5.41, 5.74) is 1.79. The van der Waals surface area contributed by atoms with E-state index in [1.807, 2.05) is 24.3 Å². The van der Waals surface area contributed by atoms with Crippen LogP contribution < -0.4 is 5.32 Å². The molecular formula is C14H18N2O. The maximum atomic E-state index is 12.6. The molecule has 1 N–H and O–H groups in total. The van der Waals surface area contributed by atoms with Gasteiger partial charge in [-0.3, -0.25) is 4.79 Å². The lowest BCUT2D eigenvalue weighted by atomic mass is 10.1. The zero-order valence-corrected chi connectivity index (χ0v) is 10.3. The van der Waals surface area contributed by atoms with E-state index in [4.69, 9.17) is 0 Å². The number of carbonyl (C=O) groups is 1. The molecule has 3 unspecified atom stereocenters. The number of amides is 1. The summed E-state index contributed by atoms with van der Waals surface area (Å²) in [4.78, 5) is 14.6. The summed E-state index contributed by atoms with van der Waals surface area (Å²) >= 11 is 0. The van der Waals surface area contributed by atoms with Crippen LogP contribution in [0, 0.1) is 0 Å². The van der Waals surface area contributed by atoms with Gasteiger partial charge in [0.1, 0.15) is 0 Å². The van der Waals surface area contributed by atoms with Crippen molar-refractivity contribution in [2.75, 3.05) is 5.32 Å². The Balaban J connectivity index is 2.09. The third kappa shape index (κ3) is 1.53. The van der Waals surface area contributed by atoms with Crippen molar-refractivity contribution in [2.24, 2.45) is 0 Å². The average Bonchev–Trinajstić information content (AvgIpc) is 2.66. The molecule has 0 radical (unpaired) electrons. The Kier molecular flexibility index (Phi) is 2.35. The molecule has 2 heterocycles. The van der Waals surface area contributed by atoms with Crippen LogP contribution in [0.2, 0.25) is 0 Å². The zero-order chi connectivity index (χ0) is 12.0. The molecule has 90 valence electrons. The maximum absolute atomic E-state index is 12.6. The lowest BCUT2D eigenvalue weighted by Gasteiger charge is -2.29. The van der Waals surface area contributed by atoms with E-state index in [0.717, 1.165) is 24.1 Å². The van der Waals surface area contributed by atoms with Gasteiger partial charge in [0.15, 0.2) is 0 Å². The number of fused-ring (bicyclic) bond motifs is 2. The first-order chi connectivity index (χ1) is 8.18. The molecule has 2 aliphatic rings. The monoisotopic (exact) mass is 230 g/mol. The van der Waals surface area contributed by atoms with Crippen LogP contribution >= 0.6 is 0 Å². The lowest BCUT2D eigenvalue weighted by molar-refractivity contribution is 0.0677. The third-order valence-electron chi connectivity index (χ3n) is 4.06. The van der Waals surface area contributed by atoms with E-state index in [1.54, 1.807) is 0 Å². The molecule has 0 spiro atoms. The predicted molar refractivity (Wildman–Crippen MR) is 68.2 cm³/mol. The van der Waals surface area contributed by atoms with Crippen LogP contribution in [0.15, 0.2) is 24.3 Å². The van der Waals surface area contributed by atoms with Gasteiger partial charge in [0.2, 0.25) is 0 Å². The molecule has 3 nitrogen and oxygen atoms in total. The number of rotatable bonds is 0. The molecule has 0 aromatic heterocycles. The minimum absolute atomic E-state index is 0.187. The topological polar surface area (TPSA) is 32.3 Å². The van der Waals surface area contributed by atoms with E-state index in [2.05, 4.69) is 24.1 Å². The Morgan fingerprint density at radius 3 is 2.82 bits per heavy atom. The first-order valence-electron chi connectivity index (χ1n) is 6.36. The van der Waals surface area contributed by atoms with Gasteiger partial charge in [0.25, 0.3) is 5.91 Å². The maximum Gasteiger partial charge on any atom is 0.256 e. The number of anilines is 1. The molecule has 0 bridgehead atoms. The van der Waals surface area contributed by atoms with Gasteiger partial charge in [-0.1, -0.05) is 12.1 Å². The van der Waals surface area contributed by atoms with Gasteiger partial charge in [0, 0.05) is 17.8 Å². The first kappa shape index (κ1) is 10.6. The Labute approximate surface area is 102 Å². The standard InChI is InChI=1S/C14H18N2O/c1-9-7-8-13-10(2)15-12-6-4-3-5-11(12)14(17)16(9)13/h3-6,9-10,13,15H,7-8H2,1-2H3. The van der Waals surface area contributed by atoms with Gasteiger partial charge in [-0.15, -0.1) is 0 Å². The fraction of sp³-hybridized carbons (Fsp3) is 0.500. The summed E-state index contributed by atoms with van der Waals surface area (Å²) < 4.78 is 0. The average molecular weight is 230 g/mol. The highest BCUT2D eigenvalue weighted by molar-refractivity contribution is 6.00. The number of hydrogen-bond donors (Lipinski definition) is 1. The summed E-state index contributed by atoms with van der Waals surface area (Å²) in [6.45, 7) is 4.32. The molecule has 0 saturated carbocycles. The number of carbonyl (C=O) groups excluding carboxylic acids is 1. The fourth-order valence-corrected chi connectivity index (χ4v) is 3.13. The summed E-state index contributed by atoms with van der Waals surface area (Å²) in [5.74, 6) is 0.187. The van der Waals surface area contributed by atoms with Gasteiger partial charge >= 0.3 is 0 Å². The highest BCUT2D eigenvalue weighted by atomic mass is 16.2. The van der Waals surface area contributed by atoms with Gasteiger partial charge in [-0.25, -0.2) is 0 Å². The molecule has 3 rings (SSSR count). The van der Waals surface area contributed by atoms with E-state index >= 15 is 0 Å². The summed E-state index contributed by atoms with van der Waals surface area (Å²) in [6, 6.07) is 8.86. The van der Waals surface area contributed by atoms with Crippen LogP contribution in [0.5, 0.6) is 0 Å². The molecule has 1 aromatic carbocycles. The first-order valence-corrected chi connectivity index (χ1v) is 6.36. The van der Waals surface area contributed by atoms with Crippen molar-refractivity contribution in [3.63, 3.8) is 0 Å². The van der Waals surface area contributed by atoms with Gasteiger partial charge in [-0.2, -0.15) is 0 Å². The quantitative estimate of drug-likeness (QED) is 0.742. The number of para-hydroxylation sites is 1. The number of hydrogen-bond acceptors (Lipinski definition) is 2. The van der Waals surface area contributed by atoms with Crippen molar-refractivity contribution >= 4 is 11.6 Å². The van der Waals surface area contributed by atoms with Gasteiger partial charge in [-0.05, 0) is 38.8 Å². The Bertz CT molecular complexity index is 457. The normalized spacial score (nSPS) is 31.5. The van der Waals surface area contributed by atoms with Crippen LogP contribution in [-0.4, -0.2) is 28.9 Å². The Morgan fingerprint density at radius 2 is 2.00 bits per heavy atom.